The molecule has 0 amide bonds. The van der Waals surface area contributed by atoms with Crippen LogP contribution in [-0.2, 0) is 16.2 Å². The standard InChI is InChI=1S/C15H14F3NO4S/c1-22-12-8-7-10(9-13(12)23-2)19-24(20,21)14-6-4-3-5-11(14)15(16,17)18/h3-9,19H,1-2H3. The highest BCUT2D eigenvalue weighted by molar-refractivity contribution is 7.92. The first-order valence-electron chi connectivity index (χ1n) is 6.60. The van der Waals surface area contributed by atoms with Crippen molar-refractivity contribution in [2.45, 2.75) is 11.1 Å². The van der Waals surface area contributed by atoms with E-state index in [1.165, 1.54) is 38.5 Å². The van der Waals surface area contributed by atoms with Crippen LogP contribution in [0.5, 0.6) is 11.5 Å². The van der Waals surface area contributed by atoms with Crippen molar-refractivity contribution >= 4 is 15.7 Å². The molecule has 0 saturated carbocycles. The lowest BCUT2D eigenvalue weighted by Crippen LogP contribution is -2.18. The molecule has 0 aliphatic rings. The van der Waals surface area contributed by atoms with E-state index in [4.69, 9.17) is 9.47 Å². The van der Waals surface area contributed by atoms with Crippen LogP contribution in [0.4, 0.5) is 18.9 Å². The minimum atomic E-state index is -4.79. The molecular weight excluding hydrogens is 347 g/mol. The van der Waals surface area contributed by atoms with Gasteiger partial charge in [-0.2, -0.15) is 13.2 Å². The first-order chi connectivity index (χ1) is 11.2. The van der Waals surface area contributed by atoms with Crippen LogP contribution in [0.25, 0.3) is 0 Å². The van der Waals surface area contributed by atoms with Crippen LogP contribution in [0.15, 0.2) is 47.4 Å². The van der Waals surface area contributed by atoms with Gasteiger partial charge in [-0.25, -0.2) is 8.42 Å². The van der Waals surface area contributed by atoms with Crippen LogP contribution in [0.1, 0.15) is 5.56 Å². The number of sulfonamides is 1. The van der Waals surface area contributed by atoms with Gasteiger partial charge >= 0.3 is 6.18 Å². The minimum absolute atomic E-state index is 0.0460. The molecule has 0 unspecified atom stereocenters. The molecule has 0 aliphatic carbocycles. The Labute approximate surface area is 137 Å². The fourth-order valence-corrected chi connectivity index (χ4v) is 3.32. The van der Waals surface area contributed by atoms with Gasteiger partial charge in [0.2, 0.25) is 0 Å². The first kappa shape index (κ1) is 17.9. The molecule has 1 N–H and O–H groups in total. The van der Waals surface area contributed by atoms with E-state index in [-0.39, 0.29) is 11.4 Å². The van der Waals surface area contributed by atoms with Gasteiger partial charge in [-0.05, 0) is 24.3 Å². The zero-order chi connectivity index (χ0) is 18.0. The van der Waals surface area contributed by atoms with Crippen molar-refractivity contribution in [2.75, 3.05) is 18.9 Å². The normalized spacial score (nSPS) is 11.9. The van der Waals surface area contributed by atoms with Crippen LogP contribution in [0, 0.1) is 0 Å². The van der Waals surface area contributed by atoms with Crippen molar-refractivity contribution in [2.24, 2.45) is 0 Å². The van der Waals surface area contributed by atoms with Gasteiger partial charge in [0.15, 0.2) is 11.5 Å². The second kappa shape index (κ2) is 6.60. The average molecular weight is 361 g/mol. The van der Waals surface area contributed by atoms with Crippen LogP contribution >= 0.6 is 0 Å². The summed E-state index contributed by atoms with van der Waals surface area (Å²) >= 11 is 0. The molecule has 0 fully saturated rings. The molecule has 0 aromatic heterocycles. The number of methoxy groups -OCH3 is 2. The smallest absolute Gasteiger partial charge is 0.417 e. The van der Waals surface area contributed by atoms with Gasteiger partial charge in [0.25, 0.3) is 10.0 Å². The summed E-state index contributed by atoms with van der Waals surface area (Å²) in [5, 5.41) is 0. The van der Waals surface area contributed by atoms with E-state index in [1.54, 1.807) is 0 Å². The zero-order valence-electron chi connectivity index (χ0n) is 12.7. The van der Waals surface area contributed by atoms with Crippen molar-refractivity contribution < 1.29 is 31.1 Å². The second-order valence-corrected chi connectivity index (χ2v) is 6.32. The summed E-state index contributed by atoms with van der Waals surface area (Å²) < 4.78 is 75.9. The number of rotatable bonds is 5. The molecule has 2 aromatic carbocycles. The highest BCUT2D eigenvalue weighted by Gasteiger charge is 2.36. The van der Waals surface area contributed by atoms with Gasteiger partial charge in [-0.15, -0.1) is 0 Å². The van der Waals surface area contributed by atoms with E-state index in [0.29, 0.717) is 11.8 Å². The maximum absolute atomic E-state index is 13.0. The number of halogens is 3. The van der Waals surface area contributed by atoms with E-state index < -0.39 is 26.7 Å². The molecule has 5 nitrogen and oxygen atoms in total. The van der Waals surface area contributed by atoms with Crippen LogP contribution < -0.4 is 14.2 Å². The van der Waals surface area contributed by atoms with E-state index in [0.717, 1.165) is 12.1 Å². The van der Waals surface area contributed by atoms with E-state index in [1.807, 2.05) is 0 Å². The lowest BCUT2D eigenvalue weighted by atomic mass is 10.2. The molecule has 130 valence electrons. The van der Waals surface area contributed by atoms with Gasteiger partial charge in [-0.3, -0.25) is 4.72 Å². The number of benzene rings is 2. The lowest BCUT2D eigenvalue weighted by molar-refractivity contribution is -0.139. The number of alkyl halides is 3. The molecule has 9 heteroatoms. The number of nitrogens with one attached hydrogen (secondary N) is 1. The number of hydrogen-bond acceptors (Lipinski definition) is 4. The van der Waals surface area contributed by atoms with Crippen molar-refractivity contribution in [3.05, 3.63) is 48.0 Å². The highest BCUT2D eigenvalue weighted by Crippen LogP contribution is 2.35. The third-order valence-corrected chi connectivity index (χ3v) is 4.56. The van der Waals surface area contributed by atoms with E-state index >= 15 is 0 Å². The quantitative estimate of drug-likeness (QED) is 0.885. The summed E-state index contributed by atoms with van der Waals surface area (Å²) in [7, 11) is -1.68. The Kier molecular flexibility index (Phi) is 4.93. The first-order valence-corrected chi connectivity index (χ1v) is 8.08. The van der Waals surface area contributed by atoms with Gasteiger partial charge in [-0.1, -0.05) is 12.1 Å². The summed E-state index contributed by atoms with van der Waals surface area (Å²) in [5.74, 6) is 0.595. The largest absolute Gasteiger partial charge is 0.493 e. The zero-order valence-corrected chi connectivity index (χ0v) is 13.5. The Hall–Kier alpha value is -2.42. The summed E-state index contributed by atoms with van der Waals surface area (Å²) in [6.45, 7) is 0. The summed E-state index contributed by atoms with van der Waals surface area (Å²) in [4.78, 5) is -0.854. The predicted octanol–water partition coefficient (Wildman–Crippen LogP) is 3.52. The Balaban J connectivity index is 2.44. The number of hydrogen-bond donors (Lipinski definition) is 1. The predicted molar refractivity (Wildman–Crippen MR) is 81.8 cm³/mol. The van der Waals surface area contributed by atoms with E-state index in [9.17, 15) is 21.6 Å². The maximum Gasteiger partial charge on any atom is 0.417 e. The van der Waals surface area contributed by atoms with Crippen LogP contribution in [0.2, 0.25) is 0 Å². The molecule has 0 heterocycles. The third kappa shape index (κ3) is 3.73. The fraction of sp³-hybridized carbons (Fsp3) is 0.200. The van der Waals surface area contributed by atoms with Crippen molar-refractivity contribution in [3.63, 3.8) is 0 Å². The number of anilines is 1. The monoisotopic (exact) mass is 361 g/mol. The molecule has 0 atom stereocenters. The van der Waals surface area contributed by atoms with E-state index in [2.05, 4.69) is 4.72 Å². The fourth-order valence-electron chi connectivity index (χ4n) is 2.05. The Morgan fingerprint density at radius 3 is 2.17 bits per heavy atom. The molecule has 0 aliphatic heterocycles. The van der Waals surface area contributed by atoms with Gasteiger partial charge in [0.05, 0.1) is 30.4 Å². The van der Waals surface area contributed by atoms with Crippen LogP contribution in [-0.4, -0.2) is 22.6 Å². The molecule has 24 heavy (non-hydrogen) atoms. The minimum Gasteiger partial charge on any atom is -0.493 e. The van der Waals surface area contributed by atoms with Crippen molar-refractivity contribution in [1.82, 2.24) is 0 Å². The number of ether oxygens (including phenoxy) is 2. The summed E-state index contributed by atoms with van der Waals surface area (Å²) in [5.41, 5.74) is -1.19. The topological polar surface area (TPSA) is 64.6 Å². The summed E-state index contributed by atoms with van der Waals surface area (Å²) in [6, 6.07) is 8.06. The van der Waals surface area contributed by atoms with Gasteiger partial charge in [0.1, 0.15) is 0 Å². The van der Waals surface area contributed by atoms with Crippen molar-refractivity contribution in [1.29, 1.82) is 0 Å². The Morgan fingerprint density at radius 1 is 0.958 bits per heavy atom. The molecular formula is C15H14F3NO4S. The lowest BCUT2D eigenvalue weighted by Gasteiger charge is -2.15. The highest BCUT2D eigenvalue weighted by atomic mass is 32.2. The molecule has 0 saturated heterocycles. The molecule has 2 rings (SSSR count). The summed E-state index contributed by atoms with van der Waals surface area (Å²) in [6.07, 6.45) is -4.79. The maximum atomic E-state index is 13.0. The molecule has 2 aromatic rings. The van der Waals surface area contributed by atoms with Gasteiger partial charge < -0.3 is 9.47 Å². The second-order valence-electron chi connectivity index (χ2n) is 4.67. The van der Waals surface area contributed by atoms with Crippen LogP contribution in [0.3, 0.4) is 0 Å². The molecule has 0 radical (unpaired) electrons. The molecule has 0 spiro atoms. The molecule has 0 bridgehead atoms. The average Bonchev–Trinajstić information content (AvgIpc) is 2.53. The Morgan fingerprint density at radius 2 is 1.58 bits per heavy atom. The Bertz CT molecular complexity index is 835. The van der Waals surface area contributed by atoms with Gasteiger partial charge in [0, 0.05) is 6.07 Å². The third-order valence-electron chi connectivity index (χ3n) is 3.12. The van der Waals surface area contributed by atoms with Crippen molar-refractivity contribution in [3.8, 4) is 11.5 Å². The SMILES string of the molecule is COc1ccc(NS(=O)(=O)c2ccccc2C(F)(F)F)cc1OC.